The molecule has 2 aromatic heterocycles. The zero-order valence-corrected chi connectivity index (χ0v) is 31.4. The van der Waals surface area contributed by atoms with Crippen molar-refractivity contribution in [2.45, 2.75) is 87.6 Å². The van der Waals surface area contributed by atoms with Crippen LogP contribution in [0.4, 0.5) is 9.59 Å². The summed E-state index contributed by atoms with van der Waals surface area (Å²) in [4.78, 5) is 74.2. The summed E-state index contributed by atoms with van der Waals surface area (Å²) in [6.07, 6.45) is 8.72. The molecule has 2 aliphatic heterocycles. The number of aromatic amines is 2. The topological polar surface area (TPSA) is 179 Å². The van der Waals surface area contributed by atoms with Gasteiger partial charge in [-0.3, -0.25) is 19.4 Å². The first kappa shape index (κ1) is 34.8. The van der Waals surface area contributed by atoms with Crippen molar-refractivity contribution in [1.29, 1.82) is 0 Å². The summed E-state index contributed by atoms with van der Waals surface area (Å²) in [5, 5.41) is 19.4. The molecule has 0 unspecified atom stereocenters. The third-order valence-corrected chi connectivity index (χ3v) is 13.3. The summed E-state index contributed by atoms with van der Waals surface area (Å²) < 4.78 is 0. The van der Waals surface area contributed by atoms with Gasteiger partial charge in [0.25, 0.3) is 0 Å². The number of carboxylic acid groups (broad SMARTS) is 2. The molecule has 8 atom stereocenters. The van der Waals surface area contributed by atoms with Crippen LogP contribution in [0.3, 0.4) is 0 Å². The number of hydrogen-bond donors (Lipinski definition) is 4. The van der Waals surface area contributed by atoms with Gasteiger partial charge in [-0.25, -0.2) is 19.6 Å². The van der Waals surface area contributed by atoms with Gasteiger partial charge in [-0.05, 0) is 86.2 Å². The molecule has 4 saturated carbocycles. The zero-order valence-electron chi connectivity index (χ0n) is 31.4. The lowest BCUT2D eigenvalue weighted by Crippen LogP contribution is -2.51. The molecule has 14 heteroatoms. The molecular weight excluding hydrogens is 713 g/mol. The van der Waals surface area contributed by atoms with E-state index in [0.717, 1.165) is 96.7 Å². The molecule has 14 nitrogen and oxygen atoms in total. The molecule has 56 heavy (non-hydrogen) atoms. The van der Waals surface area contributed by atoms with Crippen molar-refractivity contribution in [3.8, 4) is 33.6 Å². The van der Waals surface area contributed by atoms with Gasteiger partial charge in [-0.1, -0.05) is 48.5 Å². The number of H-pyrrole nitrogens is 2. The second kappa shape index (κ2) is 13.0. The van der Waals surface area contributed by atoms with Crippen LogP contribution < -0.4 is 0 Å². The predicted molar refractivity (Wildman–Crippen MR) is 204 cm³/mol. The second-order valence-corrected chi connectivity index (χ2v) is 17.0. The van der Waals surface area contributed by atoms with E-state index in [-0.39, 0.29) is 47.8 Å². The summed E-state index contributed by atoms with van der Waals surface area (Å²) in [6, 6.07) is 15.1. The second-order valence-electron chi connectivity index (χ2n) is 17.0. The van der Waals surface area contributed by atoms with Crippen LogP contribution in [0.25, 0.3) is 33.6 Å². The van der Waals surface area contributed by atoms with Gasteiger partial charge in [0.05, 0.1) is 23.5 Å². The number of imidazole rings is 2. The smallest absolute Gasteiger partial charge is 0.407 e. The Hall–Kier alpha value is -5.66. The number of likely N-dealkylation sites (N-methyl/N-ethyl adjacent to an activating group) is 2. The first-order chi connectivity index (χ1) is 27.0. The van der Waals surface area contributed by atoms with Crippen molar-refractivity contribution in [3.05, 3.63) is 72.6 Å². The van der Waals surface area contributed by atoms with E-state index in [2.05, 4.69) is 34.2 Å². The molecule has 290 valence electrons. The molecule has 10 rings (SSSR count). The molecule has 0 radical (unpaired) electrons. The largest absolute Gasteiger partial charge is 0.465 e. The molecule has 4 N–H and O–H groups in total. The summed E-state index contributed by atoms with van der Waals surface area (Å²) in [5.74, 6) is 2.33. The van der Waals surface area contributed by atoms with Gasteiger partial charge in [0.15, 0.2) is 0 Å². The van der Waals surface area contributed by atoms with Gasteiger partial charge in [0.2, 0.25) is 11.8 Å². The highest BCUT2D eigenvalue weighted by Crippen LogP contribution is 2.55. The van der Waals surface area contributed by atoms with Gasteiger partial charge in [0, 0.05) is 49.7 Å². The van der Waals surface area contributed by atoms with E-state index in [1.807, 2.05) is 46.5 Å². The van der Waals surface area contributed by atoms with Crippen LogP contribution in [0.2, 0.25) is 0 Å². The molecule has 0 bridgehead atoms. The summed E-state index contributed by atoms with van der Waals surface area (Å²) in [6.45, 7) is 0. The lowest BCUT2D eigenvalue weighted by Gasteiger charge is -2.33. The van der Waals surface area contributed by atoms with Gasteiger partial charge >= 0.3 is 12.2 Å². The quantitative estimate of drug-likeness (QED) is 0.139. The van der Waals surface area contributed by atoms with Crippen molar-refractivity contribution in [2.24, 2.45) is 23.7 Å². The Labute approximate surface area is 323 Å². The van der Waals surface area contributed by atoms with E-state index in [1.54, 1.807) is 0 Å². The number of nitrogens with one attached hydrogen (secondary N) is 2. The SMILES string of the molecule is CN(C(=O)O)[C@H](C(=O)N1[C@@H]2C[C@@H]2C[C@H]1c1nc(-c2ccc(-c3ccc(-c4c[nH]c([C@@H]5C[C@H]6C[C@H]6N5C(=O)[C@H](C5CC5)N(C)C(=O)O)n4)cc3)cc2)c[nH]1)C1CC1. The lowest BCUT2D eigenvalue weighted by atomic mass is 10.0. The average molecular weight is 759 g/mol. The Morgan fingerprint density at radius 2 is 0.964 bits per heavy atom. The van der Waals surface area contributed by atoms with E-state index < -0.39 is 24.3 Å². The molecular formula is C42H46N8O6. The Morgan fingerprint density at radius 3 is 1.30 bits per heavy atom. The number of amides is 4. The van der Waals surface area contributed by atoms with E-state index >= 15 is 0 Å². The van der Waals surface area contributed by atoms with Crippen LogP contribution in [-0.2, 0) is 9.59 Å². The highest BCUT2D eigenvalue weighted by molar-refractivity contribution is 5.88. The first-order valence-corrected chi connectivity index (χ1v) is 19.9. The number of carbonyl (C=O) groups excluding carboxylic acids is 2. The molecule has 4 heterocycles. The number of likely N-dealkylation sites (tertiary alicyclic amines) is 2. The maximum atomic E-state index is 13.9. The van der Waals surface area contributed by atoms with Crippen LogP contribution in [-0.4, -0.2) is 112 Å². The summed E-state index contributed by atoms with van der Waals surface area (Å²) in [5.41, 5.74) is 5.60. The molecule has 4 amide bonds. The third-order valence-electron chi connectivity index (χ3n) is 13.3. The van der Waals surface area contributed by atoms with E-state index in [9.17, 15) is 29.4 Å². The number of hydrogen-bond acceptors (Lipinski definition) is 6. The maximum absolute atomic E-state index is 13.9. The number of benzene rings is 2. The van der Waals surface area contributed by atoms with Crippen molar-refractivity contribution < 1.29 is 29.4 Å². The van der Waals surface area contributed by atoms with Crippen molar-refractivity contribution in [3.63, 3.8) is 0 Å². The minimum absolute atomic E-state index is 0.0838. The van der Waals surface area contributed by atoms with Crippen LogP contribution in [0, 0.1) is 23.7 Å². The number of aromatic nitrogens is 4. The minimum Gasteiger partial charge on any atom is -0.465 e. The molecule has 4 aliphatic carbocycles. The zero-order chi connectivity index (χ0) is 38.6. The van der Waals surface area contributed by atoms with Crippen LogP contribution in [0.5, 0.6) is 0 Å². The highest BCUT2D eigenvalue weighted by Gasteiger charge is 2.59. The Balaban J connectivity index is 0.814. The van der Waals surface area contributed by atoms with Crippen molar-refractivity contribution >= 4 is 24.0 Å². The molecule has 6 aliphatic rings. The molecule has 2 saturated heterocycles. The van der Waals surface area contributed by atoms with Gasteiger partial charge in [-0.2, -0.15) is 0 Å². The van der Waals surface area contributed by atoms with Crippen LogP contribution >= 0.6 is 0 Å². The van der Waals surface area contributed by atoms with Crippen molar-refractivity contribution in [2.75, 3.05) is 14.1 Å². The molecule has 6 fully saturated rings. The normalized spacial score (nSPS) is 27.0. The van der Waals surface area contributed by atoms with Crippen molar-refractivity contribution in [1.82, 2.24) is 39.5 Å². The highest BCUT2D eigenvalue weighted by atomic mass is 16.4. The Kier molecular flexibility index (Phi) is 8.05. The number of rotatable bonds is 11. The van der Waals surface area contributed by atoms with Gasteiger partial charge in [0.1, 0.15) is 23.7 Å². The van der Waals surface area contributed by atoms with Gasteiger partial charge in [-0.15, -0.1) is 0 Å². The number of fused-ring (bicyclic) bond motifs is 2. The number of nitrogens with zero attached hydrogens (tertiary/aromatic N) is 6. The fourth-order valence-electron chi connectivity index (χ4n) is 9.75. The third kappa shape index (κ3) is 6.00. The standard InChI is InChI=1S/C42H46N8O6/c1-47(41(53)54)35(25-11-12-25)39(51)49-31-15-27(31)17-33(49)37-43-19-29(45-37)23-7-3-21(4-8-23)22-5-9-24(10-6-22)30-20-44-38(46-30)34-18-28-16-32(28)50(34)40(52)36(26-13-14-26)48(2)42(55)56/h3-10,19-20,25-28,31-36H,11-18H2,1-2H3,(H,43,45)(H,44,46)(H,53,54)(H,55,56)/t27-,28-,31-,32-,33+,34+,35+,36+/m1/s1. The van der Waals surface area contributed by atoms with E-state index in [1.165, 1.54) is 23.9 Å². The fourth-order valence-corrected chi connectivity index (χ4v) is 9.75. The Morgan fingerprint density at radius 1 is 0.607 bits per heavy atom. The monoisotopic (exact) mass is 758 g/mol. The van der Waals surface area contributed by atoms with E-state index in [4.69, 9.17) is 9.97 Å². The number of carbonyl (C=O) groups is 4. The molecule has 2 aromatic carbocycles. The maximum Gasteiger partial charge on any atom is 0.407 e. The minimum atomic E-state index is -1.07. The number of piperidine rings is 2. The molecule has 0 spiro atoms. The first-order valence-electron chi connectivity index (χ1n) is 19.9. The summed E-state index contributed by atoms with van der Waals surface area (Å²) >= 11 is 0. The van der Waals surface area contributed by atoms with Crippen LogP contribution in [0.1, 0.15) is 75.1 Å². The predicted octanol–water partition coefficient (Wildman–Crippen LogP) is 6.23. The lowest BCUT2D eigenvalue weighted by molar-refractivity contribution is -0.139. The van der Waals surface area contributed by atoms with E-state index in [0.29, 0.717) is 11.8 Å². The summed E-state index contributed by atoms with van der Waals surface area (Å²) in [7, 11) is 3.01. The Bertz CT molecular complexity index is 2050. The average Bonchev–Trinajstić information content (AvgIpc) is 4.17. The molecule has 4 aromatic rings. The van der Waals surface area contributed by atoms with Crippen LogP contribution in [0.15, 0.2) is 60.9 Å². The van der Waals surface area contributed by atoms with Gasteiger partial charge < -0.3 is 30.0 Å². The fraction of sp³-hybridized carbons (Fsp3) is 0.476.